The van der Waals surface area contributed by atoms with Crippen molar-refractivity contribution in [2.75, 3.05) is 17.0 Å². The summed E-state index contributed by atoms with van der Waals surface area (Å²) in [6.45, 7) is 0.929. The molecular formula is C10H16N2O2S2. The summed E-state index contributed by atoms with van der Waals surface area (Å²) in [7, 11) is -3.21. The molecule has 6 heteroatoms. The second kappa shape index (κ2) is 5.16. The molecule has 2 N–H and O–H groups in total. The third-order valence-electron chi connectivity index (χ3n) is 2.63. The van der Waals surface area contributed by atoms with Crippen LogP contribution in [0, 0.1) is 0 Å². The average molecular weight is 260 g/mol. The molecule has 2 heterocycles. The van der Waals surface area contributed by atoms with Crippen molar-refractivity contribution in [3.8, 4) is 0 Å². The van der Waals surface area contributed by atoms with Crippen molar-refractivity contribution in [1.29, 1.82) is 0 Å². The summed E-state index contributed by atoms with van der Waals surface area (Å²) < 4.78 is 26.2. The molecular weight excluding hydrogens is 244 g/mol. The molecule has 1 aromatic rings. The molecule has 16 heavy (non-hydrogen) atoms. The average Bonchev–Trinajstić information content (AvgIpc) is 2.70. The van der Waals surface area contributed by atoms with E-state index in [1.165, 1.54) is 11.3 Å². The Morgan fingerprint density at radius 3 is 3.00 bits per heavy atom. The van der Waals surface area contributed by atoms with Crippen LogP contribution in [0.15, 0.2) is 16.8 Å². The smallest absolute Gasteiger partial charge is 0.234 e. The maximum atomic E-state index is 11.8. The van der Waals surface area contributed by atoms with Crippen molar-refractivity contribution < 1.29 is 8.42 Å². The first kappa shape index (κ1) is 11.9. The minimum Gasteiger partial charge on any atom is -0.313 e. The highest BCUT2D eigenvalue weighted by atomic mass is 32.2. The number of rotatable bonds is 4. The van der Waals surface area contributed by atoms with E-state index in [-0.39, 0.29) is 11.8 Å². The second-order valence-electron chi connectivity index (χ2n) is 4.04. The molecule has 0 aromatic carbocycles. The molecule has 1 unspecified atom stereocenters. The Hall–Kier alpha value is -0.590. The van der Waals surface area contributed by atoms with E-state index in [0.29, 0.717) is 5.69 Å². The quantitative estimate of drug-likeness (QED) is 0.865. The van der Waals surface area contributed by atoms with E-state index in [1.54, 1.807) is 11.4 Å². The first-order valence-corrected chi connectivity index (χ1v) is 8.01. The third kappa shape index (κ3) is 3.47. The third-order valence-corrected chi connectivity index (χ3v) is 4.70. The van der Waals surface area contributed by atoms with Crippen LogP contribution in [-0.4, -0.2) is 26.8 Å². The van der Waals surface area contributed by atoms with Gasteiger partial charge < -0.3 is 5.32 Å². The maximum absolute atomic E-state index is 11.8. The molecule has 90 valence electrons. The molecule has 0 aliphatic carbocycles. The van der Waals surface area contributed by atoms with E-state index in [0.717, 1.165) is 25.8 Å². The predicted molar refractivity (Wildman–Crippen MR) is 67.4 cm³/mol. The standard InChI is InChI=1S/C10H16N2O2S2/c13-16(14,12-9-4-6-15-7-9)8-10-3-1-2-5-11-10/h4,6-7,10-12H,1-3,5,8H2. The van der Waals surface area contributed by atoms with Crippen LogP contribution in [0.3, 0.4) is 0 Å². The number of piperidine rings is 1. The Bertz CT molecular complexity index is 408. The summed E-state index contributed by atoms with van der Waals surface area (Å²) in [6, 6.07) is 1.88. The summed E-state index contributed by atoms with van der Waals surface area (Å²) in [6.07, 6.45) is 3.21. The lowest BCUT2D eigenvalue weighted by molar-refractivity contribution is 0.424. The Morgan fingerprint density at radius 1 is 1.50 bits per heavy atom. The molecule has 1 aliphatic rings. The highest BCUT2D eigenvalue weighted by molar-refractivity contribution is 7.92. The molecule has 1 fully saturated rings. The predicted octanol–water partition coefficient (Wildman–Crippen LogP) is 1.63. The van der Waals surface area contributed by atoms with Crippen LogP contribution in [-0.2, 0) is 10.0 Å². The normalized spacial score (nSPS) is 21.9. The topological polar surface area (TPSA) is 58.2 Å². The Kier molecular flexibility index (Phi) is 3.83. The van der Waals surface area contributed by atoms with Crippen LogP contribution >= 0.6 is 11.3 Å². The molecule has 0 saturated carbocycles. The van der Waals surface area contributed by atoms with Crippen molar-refractivity contribution in [2.45, 2.75) is 25.3 Å². The lowest BCUT2D eigenvalue weighted by Gasteiger charge is -2.23. The minimum atomic E-state index is -3.21. The second-order valence-corrected chi connectivity index (χ2v) is 6.59. The Labute approximate surface area is 100 Å². The van der Waals surface area contributed by atoms with Crippen molar-refractivity contribution in [3.63, 3.8) is 0 Å². The molecule has 0 spiro atoms. The summed E-state index contributed by atoms with van der Waals surface area (Å²) in [5, 5.41) is 6.89. The lowest BCUT2D eigenvalue weighted by Crippen LogP contribution is -2.40. The van der Waals surface area contributed by atoms with E-state index >= 15 is 0 Å². The lowest BCUT2D eigenvalue weighted by atomic mass is 10.1. The molecule has 0 radical (unpaired) electrons. The van der Waals surface area contributed by atoms with Gasteiger partial charge in [-0.25, -0.2) is 8.42 Å². The molecule has 0 bridgehead atoms. The number of anilines is 1. The van der Waals surface area contributed by atoms with Crippen molar-refractivity contribution in [1.82, 2.24) is 5.32 Å². The van der Waals surface area contributed by atoms with Crippen molar-refractivity contribution in [2.24, 2.45) is 0 Å². The van der Waals surface area contributed by atoms with Gasteiger partial charge in [0, 0.05) is 11.4 Å². The van der Waals surface area contributed by atoms with Gasteiger partial charge in [-0.2, -0.15) is 11.3 Å². The first-order valence-electron chi connectivity index (χ1n) is 5.42. The van der Waals surface area contributed by atoms with Crippen LogP contribution in [0.5, 0.6) is 0 Å². The molecule has 0 amide bonds. The van der Waals surface area contributed by atoms with E-state index in [2.05, 4.69) is 10.0 Å². The van der Waals surface area contributed by atoms with Gasteiger partial charge in [0.2, 0.25) is 10.0 Å². The molecule has 4 nitrogen and oxygen atoms in total. The van der Waals surface area contributed by atoms with Crippen molar-refractivity contribution in [3.05, 3.63) is 16.8 Å². The summed E-state index contributed by atoms with van der Waals surface area (Å²) in [4.78, 5) is 0. The van der Waals surface area contributed by atoms with Crippen LogP contribution < -0.4 is 10.0 Å². The van der Waals surface area contributed by atoms with Gasteiger partial charge in [-0.3, -0.25) is 4.72 Å². The van der Waals surface area contributed by atoms with Crippen LogP contribution in [0.4, 0.5) is 5.69 Å². The van der Waals surface area contributed by atoms with Gasteiger partial charge >= 0.3 is 0 Å². The largest absolute Gasteiger partial charge is 0.313 e. The maximum Gasteiger partial charge on any atom is 0.234 e. The van der Waals surface area contributed by atoms with Gasteiger partial charge in [-0.05, 0) is 30.8 Å². The van der Waals surface area contributed by atoms with E-state index in [9.17, 15) is 8.42 Å². The van der Waals surface area contributed by atoms with Crippen LogP contribution in [0.1, 0.15) is 19.3 Å². The number of sulfonamides is 1. The monoisotopic (exact) mass is 260 g/mol. The summed E-state index contributed by atoms with van der Waals surface area (Å²) in [5.74, 6) is 0.169. The van der Waals surface area contributed by atoms with Crippen LogP contribution in [0.2, 0.25) is 0 Å². The van der Waals surface area contributed by atoms with Crippen LogP contribution in [0.25, 0.3) is 0 Å². The van der Waals surface area contributed by atoms with E-state index in [1.807, 2.05) is 5.38 Å². The molecule has 1 aliphatic heterocycles. The molecule has 1 atom stereocenters. The van der Waals surface area contributed by atoms with E-state index in [4.69, 9.17) is 0 Å². The number of hydrogen-bond acceptors (Lipinski definition) is 4. The number of nitrogens with one attached hydrogen (secondary N) is 2. The zero-order valence-corrected chi connectivity index (χ0v) is 10.6. The van der Waals surface area contributed by atoms with Gasteiger partial charge in [-0.15, -0.1) is 0 Å². The van der Waals surface area contributed by atoms with Gasteiger partial charge in [0.25, 0.3) is 0 Å². The zero-order chi connectivity index (χ0) is 11.4. The van der Waals surface area contributed by atoms with Crippen molar-refractivity contribution >= 4 is 27.0 Å². The number of hydrogen-bond donors (Lipinski definition) is 2. The van der Waals surface area contributed by atoms with Gasteiger partial charge in [0.1, 0.15) is 0 Å². The molecule has 1 aromatic heterocycles. The van der Waals surface area contributed by atoms with Gasteiger partial charge in [-0.1, -0.05) is 6.42 Å². The Morgan fingerprint density at radius 2 is 2.38 bits per heavy atom. The molecule has 1 saturated heterocycles. The van der Waals surface area contributed by atoms with Gasteiger partial charge in [0.15, 0.2) is 0 Å². The SMILES string of the molecule is O=S(=O)(CC1CCCCN1)Nc1ccsc1. The molecule has 2 rings (SSSR count). The highest BCUT2D eigenvalue weighted by Gasteiger charge is 2.20. The Balaban J connectivity index is 1.92. The summed E-state index contributed by atoms with van der Waals surface area (Å²) in [5.41, 5.74) is 0.667. The highest BCUT2D eigenvalue weighted by Crippen LogP contribution is 2.15. The fourth-order valence-electron chi connectivity index (χ4n) is 1.87. The minimum absolute atomic E-state index is 0.102. The fraction of sp³-hybridized carbons (Fsp3) is 0.600. The first-order chi connectivity index (χ1) is 7.66. The fourth-order valence-corrected chi connectivity index (χ4v) is 3.92. The summed E-state index contributed by atoms with van der Waals surface area (Å²) >= 11 is 1.48. The van der Waals surface area contributed by atoms with E-state index < -0.39 is 10.0 Å². The van der Waals surface area contributed by atoms with Gasteiger partial charge in [0.05, 0.1) is 11.4 Å². The number of thiophene rings is 1. The zero-order valence-electron chi connectivity index (χ0n) is 8.98.